The second kappa shape index (κ2) is 5.32. The molecule has 0 aliphatic rings. The van der Waals surface area contributed by atoms with E-state index in [-0.39, 0.29) is 16.3 Å². The highest BCUT2D eigenvalue weighted by Gasteiger charge is 2.18. The van der Waals surface area contributed by atoms with E-state index in [1.807, 2.05) is 0 Å². The van der Waals surface area contributed by atoms with Crippen LogP contribution in [0.5, 0.6) is 0 Å². The van der Waals surface area contributed by atoms with Crippen LogP contribution in [-0.2, 0) is 4.74 Å². The van der Waals surface area contributed by atoms with Gasteiger partial charge in [-0.1, -0.05) is 28.3 Å². The smallest absolute Gasteiger partial charge is 0.339 e. The Bertz CT molecular complexity index is 726. The van der Waals surface area contributed by atoms with Gasteiger partial charge in [-0.2, -0.15) is 0 Å². The highest BCUT2D eigenvalue weighted by molar-refractivity contribution is 6.41. The van der Waals surface area contributed by atoms with E-state index in [4.69, 9.17) is 28.7 Å². The quantitative estimate of drug-likeness (QED) is 0.359. The van der Waals surface area contributed by atoms with Crippen molar-refractivity contribution in [2.45, 2.75) is 0 Å². The first-order chi connectivity index (χ1) is 9.10. The third-order valence-corrected chi connectivity index (χ3v) is 3.06. The van der Waals surface area contributed by atoms with E-state index in [2.05, 4.69) is 19.7 Å². The molecule has 0 aliphatic heterocycles. The van der Waals surface area contributed by atoms with Gasteiger partial charge in [0.1, 0.15) is 0 Å². The number of hydrogen-bond acceptors (Lipinski definition) is 4. The number of ether oxygens (including phenoxy) is 1. The number of methoxy groups -OCH3 is 1. The van der Waals surface area contributed by atoms with Crippen LogP contribution in [0.1, 0.15) is 10.4 Å². The summed E-state index contributed by atoms with van der Waals surface area (Å²) in [6, 6.07) is 3.10. The fourth-order valence-electron chi connectivity index (χ4n) is 1.63. The van der Waals surface area contributed by atoms with Gasteiger partial charge in [0.05, 0.1) is 33.9 Å². The number of aromatic nitrogens is 1. The van der Waals surface area contributed by atoms with E-state index in [1.54, 1.807) is 6.07 Å². The molecular weight excluding hydrogens is 291 g/mol. The van der Waals surface area contributed by atoms with Gasteiger partial charge >= 0.3 is 5.97 Å². The Hall–Kier alpha value is -2.01. The van der Waals surface area contributed by atoms with E-state index in [1.165, 1.54) is 19.4 Å². The Kier molecular flexibility index (Phi) is 3.76. The zero-order valence-electron chi connectivity index (χ0n) is 9.59. The number of carbonyl (C=O) groups excluding carboxylic acids is 1. The Morgan fingerprint density at radius 2 is 2.11 bits per heavy atom. The number of fused-ring (bicyclic) bond motifs is 1. The predicted octanol–water partition coefficient (Wildman–Crippen LogP) is 4.27. The van der Waals surface area contributed by atoms with Gasteiger partial charge in [0.15, 0.2) is 0 Å². The van der Waals surface area contributed by atoms with Crippen molar-refractivity contribution in [3.8, 4) is 0 Å². The van der Waals surface area contributed by atoms with Gasteiger partial charge in [0, 0.05) is 16.5 Å². The van der Waals surface area contributed by atoms with Crippen molar-refractivity contribution >= 4 is 45.8 Å². The first-order valence-electron chi connectivity index (χ1n) is 5.00. The Morgan fingerprint density at radius 3 is 2.74 bits per heavy atom. The Balaban J connectivity index is 2.96. The summed E-state index contributed by atoms with van der Waals surface area (Å²) in [6.07, 6.45) is 1.24. The number of benzene rings is 1. The molecule has 96 valence electrons. The molecule has 2 aromatic rings. The van der Waals surface area contributed by atoms with Crippen LogP contribution in [0.15, 0.2) is 23.4 Å². The summed E-state index contributed by atoms with van der Waals surface area (Å²) in [7, 11) is 1.21. The highest BCUT2D eigenvalue weighted by Crippen LogP contribution is 2.37. The Morgan fingerprint density at radius 1 is 1.42 bits per heavy atom. The van der Waals surface area contributed by atoms with Gasteiger partial charge < -0.3 is 4.74 Å². The highest BCUT2D eigenvalue weighted by atomic mass is 35.5. The second-order valence-corrected chi connectivity index (χ2v) is 4.27. The summed E-state index contributed by atoms with van der Waals surface area (Å²) < 4.78 is 4.60. The third kappa shape index (κ3) is 2.29. The van der Waals surface area contributed by atoms with E-state index in [0.29, 0.717) is 15.9 Å². The normalized spacial score (nSPS) is 10.1. The maximum Gasteiger partial charge on any atom is 0.339 e. The van der Waals surface area contributed by atoms with Gasteiger partial charge in [0.25, 0.3) is 0 Å². The molecule has 0 unspecified atom stereocenters. The lowest BCUT2D eigenvalue weighted by atomic mass is 10.1. The minimum atomic E-state index is -0.673. The predicted molar refractivity (Wildman–Crippen MR) is 71.9 cm³/mol. The van der Waals surface area contributed by atoms with Gasteiger partial charge in [-0.05, 0) is 17.7 Å². The number of esters is 1. The molecule has 0 spiro atoms. The fraction of sp³-hybridized carbons (Fsp3) is 0.0909. The number of rotatable bonds is 2. The van der Waals surface area contributed by atoms with Crippen molar-refractivity contribution < 1.29 is 9.53 Å². The van der Waals surface area contributed by atoms with Crippen LogP contribution in [0.2, 0.25) is 10.0 Å². The molecule has 0 bridgehead atoms. The van der Waals surface area contributed by atoms with E-state index in [0.717, 1.165) is 0 Å². The SMILES string of the molecule is COC(=O)c1cnc2c(Cl)ccc(Cl)c2c1N=[N+]=[N-]. The minimum absolute atomic E-state index is 0.0250. The molecule has 0 saturated heterocycles. The Labute approximate surface area is 117 Å². The molecule has 1 heterocycles. The molecule has 19 heavy (non-hydrogen) atoms. The summed E-state index contributed by atoms with van der Waals surface area (Å²) in [4.78, 5) is 18.4. The van der Waals surface area contributed by atoms with Gasteiger partial charge in [-0.25, -0.2) is 4.79 Å². The van der Waals surface area contributed by atoms with Crippen LogP contribution in [0.25, 0.3) is 21.3 Å². The van der Waals surface area contributed by atoms with Gasteiger partial charge in [-0.15, -0.1) is 0 Å². The lowest BCUT2D eigenvalue weighted by Crippen LogP contribution is -2.03. The molecule has 1 aromatic heterocycles. The molecule has 0 amide bonds. The maximum absolute atomic E-state index is 11.6. The molecule has 0 atom stereocenters. The first-order valence-corrected chi connectivity index (χ1v) is 5.76. The molecule has 0 fully saturated rings. The third-order valence-electron chi connectivity index (χ3n) is 2.44. The fourth-order valence-corrected chi connectivity index (χ4v) is 2.07. The van der Waals surface area contributed by atoms with Crippen molar-refractivity contribution in [1.29, 1.82) is 0 Å². The standard InChI is InChI=1S/C11H6Cl2N4O2/c1-19-11(18)5-4-15-10-7(13)3-2-6(12)8(10)9(5)16-17-14/h2-4H,1H3. The summed E-state index contributed by atoms with van der Waals surface area (Å²) in [5.41, 5.74) is 9.05. The monoisotopic (exact) mass is 296 g/mol. The van der Waals surface area contributed by atoms with Gasteiger partial charge in [0.2, 0.25) is 0 Å². The summed E-state index contributed by atoms with van der Waals surface area (Å²) >= 11 is 12.1. The molecular formula is C11H6Cl2N4O2. The maximum atomic E-state index is 11.6. The van der Waals surface area contributed by atoms with Crippen LogP contribution in [0, 0.1) is 0 Å². The largest absolute Gasteiger partial charge is 0.465 e. The molecule has 8 heteroatoms. The number of nitrogens with zero attached hydrogens (tertiary/aromatic N) is 4. The number of halogens is 2. The molecule has 0 radical (unpaired) electrons. The van der Waals surface area contributed by atoms with Crippen molar-refractivity contribution in [3.05, 3.63) is 44.4 Å². The molecule has 1 aromatic carbocycles. The van der Waals surface area contributed by atoms with Crippen LogP contribution in [0.4, 0.5) is 5.69 Å². The minimum Gasteiger partial charge on any atom is -0.465 e. The molecule has 2 rings (SSSR count). The van der Waals surface area contributed by atoms with E-state index < -0.39 is 5.97 Å². The molecule has 0 aliphatic carbocycles. The average molecular weight is 297 g/mol. The van der Waals surface area contributed by atoms with Crippen molar-refractivity contribution in [1.82, 2.24) is 4.98 Å². The first kappa shape index (κ1) is 13.4. The zero-order chi connectivity index (χ0) is 14.0. The lowest BCUT2D eigenvalue weighted by molar-refractivity contribution is 0.0601. The van der Waals surface area contributed by atoms with Crippen LogP contribution in [-0.4, -0.2) is 18.1 Å². The molecule has 0 saturated carbocycles. The van der Waals surface area contributed by atoms with Crippen LogP contribution in [0.3, 0.4) is 0 Å². The second-order valence-electron chi connectivity index (χ2n) is 3.45. The number of hydrogen-bond donors (Lipinski definition) is 0. The topological polar surface area (TPSA) is 88.0 Å². The molecule has 6 nitrogen and oxygen atoms in total. The zero-order valence-corrected chi connectivity index (χ0v) is 11.1. The lowest BCUT2D eigenvalue weighted by Gasteiger charge is -2.09. The van der Waals surface area contributed by atoms with Gasteiger partial charge in [-0.3, -0.25) is 4.98 Å². The molecule has 0 N–H and O–H groups in total. The van der Waals surface area contributed by atoms with Crippen LogP contribution < -0.4 is 0 Å². The van der Waals surface area contributed by atoms with Crippen molar-refractivity contribution in [2.24, 2.45) is 5.11 Å². The van der Waals surface area contributed by atoms with Crippen molar-refractivity contribution in [2.75, 3.05) is 7.11 Å². The van der Waals surface area contributed by atoms with E-state index >= 15 is 0 Å². The average Bonchev–Trinajstić information content (AvgIpc) is 2.42. The summed E-state index contributed by atoms with van der Waals surface area (Å²) in [6.45, 7) is 0. The number of pyridine rings is 1. The number of azide groups is 1. The van der Waals surface area contributed by atoms with E-state index in [9.17, 15) is 4.79 Å². The summed E-state index contributed by atoms with van der Waals surface area (Å²) in [5.74, 6) is -0.673. The summed E-state index contributed by atoms with van der Waals surface area (Å²) in [5, 5.41) is 4.43. The van der Waals surface area contributed by atoms with Crippen LogP contribution >= 0.6 is 23.2 Å². The number of carbonyl (C=O) groups is 1. The van der Waals surface area contributed by atoms with Crippen molar-refractivity contribution in [3.63, 3.8) is 0 Å².